The van der Waals surface area contributed by atoms with Crippen LogP contribution in [-0.4, -0.2) is 33.3 Å². The largest absolute Gasteiger partial charge is 0.345 e. The molecule has 1 amide bonds. The second kappa shape index (κ2) is 4.89. The Balaban J connectivity index is 1.86. The molecule has 20 heavy (non-hydrogen) atoms. The molecule has 0 bridgehead atoms. The van der Waals surface area contributed by atoms with Crippen LogP contribution >= 0.6 is 11.8 Å². The van der Waals surface area contributed by atoms with Crippen LogP contribution in [0.3, 0.4) is 0 Å². The molecule has 1 aromatic heterocycles. The lowest BCUT2D eigenvalue weighted by molar-refractivity contribution is 0.0895. The minimum atomic E-state index is -0.429. The molecule has 0 spiro atoms. The van der Waals surface area contributed by atoms with E-state index in [9.17, 15) is 9.59 Å². The van der Waals surface area contributed by atoms with Crippen LogP contribution < -0.4 is 16.6 Å². The van der Waals surface area contributed by atoms with Crippen LogP contribution in [0.25, 0.3) is 0 Å². The van der Waals surface area contributed by atoms with Crippen molar-refractivity contribution in [1.82, 2.24) is 14.9 Å². The summed E-state index contributed by atoms with van der Waals surface area (Å²) < 4.78 is 1.57. The van der Waals surface area contributed by atoms with Crippen molar-refractivity contribution in [1.29, 1.82) is 0 Å². The summed E-state index contributed by atoms with van der Waals surface area (Å²) in [6.45, 7) is 2.93. The molecule has 0 saturated heterocycles. The van der Waals surface area contributed by atoms with E-state index >= 15 is 0 Å². The lowest BCUT2D eigenvalue weighted by Gasteiger charge is -2.29. The van der Waals surface area contributed by atoms with Gasteiger partial charge in [-0.25, -0.2) is 4.98 Å². The molecule has 0 radical (unpaired) electrons. The fourth-order valence-corrected chi connectivity index (χ4v) is 3.45. The number of aromatic nitrogens is 2. The standard InChI is InChI=1S/C13H18N4O2S/c1-13(7-14,8-2-3-8)16-10(18)9-6-15-12-17(11(9)19)4-5-20-12/h6,8H,2-5,7,14H2,1H3,(H,16,18). The molecule has 2 heterocycles. The molecular weight excluding hydrogens is 276 g/mol. The van der Waals surface area contributed by atoms with Gasteiger partial charge in [-0.15, -0.1) is 0 Å². The molecule has 108 valence electrons. The van der Waals surface area contributed by atoms with Crippen molar-refractivity contribution < 1.29 is 4.79 Å². The minimum absolute atomic E-state index is 0.108. The summed E-state index contributed by atoms with van der Waals surface area (Å²) in [7, 11) is 0. The van der Waals surface area contributed by atoms with Gasteiger partial charge in [-0.2, -0.15) is 0 Å². The molecule has 7 heteroatoms. The zero-order chi connectivity index (χ0) is 14.3. The van der Waals surface area contributed by atoms with Crippen LogP contribution in [0.15, 0.2) is 16.1 Å². The number of hydrogen-bond acceptors (Lipinski definition) is 5. The van der Waals surface area contributed by atoms with Gasteiger partial charge in [-0.05, 0) is 25.7 Å². The van der Waals surface area contributed by atoms with Gasteiger partial charge in [0.05, 0.1) is 5.54 Å². The maximum atomic E-state index is 12.3. The highest BCUT2D eigenvalue weighted by Crippen LogP contribution is 2.39. The van der Waals surface area contributed by atoms with Gasteiger partial charge in [0.25, 0.3) is 11.5 Å². The van der Waals surface area contributed by atoms with Crippen molar-refractivity contribution in [2.24, 2.45) is 11.7 Å². The third-order valence-corrected chi connectivity index (χ3v) is 5.07. The number of nitrogens with one attached hydrogen (secondary N) is 1. The normalized spacial score (nSPS) is 20.3. The number of hydrogen-bond donors (Lipinski definition) is 2. The number of thioether (sulfide) groups is 1. The van der Waals surface area contributed by atoms with E-state index in [1.54, 1.807) is 4.57 Å². The minimum Gasteiger partial charge on any atom is -0.345 e. The maximum Gasteiger partial charge on any atom is 0.267 e. The highest BCUT2D eigenvalue weighted by atomic mass is 32.2. The summed E-state index contributed by atoms with van der Waals surface area (Å²) in [6, 6.07) is 0. The number of rotatable bonds is 4. The van der Waals surface area contributed by atoms with E-state index in [0.29, 0.717) is 24.2 Å². The molecule has 6 nitrogen and oxygen atoms in total. The van der Waals surface area contributed by atoms with Crippen LogP contribution in [-0.2, 0) is 6.54 Å². The van der Waals surface area contributed by atoms with Crippen LogP contribution in [0.5, 0.6) is 0 Å². The number of amides is 1. The van der Waals surface area contributed by atoms with Gasteiger partial charge in [0.1, 0.15) is 5.56 Å². The van der Waals surface area contributed by atoms with Crippen LogP contribution in [0.4, 0.5) is 0 Å². The highest BCUT2D eigenvalue weighted by molar-refractivity contribution is 7.99. The Bertz CT molecular complexity index is 611. The Kier molecular flexibility index (Phi) is 3.33. The van der Waals surface area contributed by atoms with Gasteiger partial charge in [-0.1, -0.05) is 11.8 Å². The average Bonchev–Trinajstić information content (AvgIpc) is 3.18. The lowest BCUT2D eigenvalue weighted by Crippen LogP contribution is -2.54. The molecule has 1 aromatic rings. The van der Waals surface area contributed by atoms with E-state index in [0.717, 1.165) is 18.6 Å². The van der Waals surface area contributed by atoms with E-state index in [1.165, 1.54) is 18.0 Å². The van der Waals surface area contributed by atoms with Crippen molar-refractivity contribution >= 4 is 17.7 Å². The quantitative estimate of drug-likeness (QED) is 0.775. The Hall–Kier alpha value is -1.34. The fourth-order valence-electron chi connectivity index (χ4n) is 2.54. The first-order chi connectivity index (χ1) is 9.55. The molecule has 1 saturated carbocycles. The first kappa shape index (κ1) is 13.6. The predicted octanol–water partition coefficient (Wildman–Crippen LogP) is 0.206. The topological polar surface area (TPSA) is 90.0 Å². The number of fused-ring (bicyclic) bond motifs is 1. The third-order valence-electron chi connectivity index (χ3n) is 4.10. The molecule has 1 atom stereocenters. The van der Waals surface area contributed by atoms with E-state index in [-0.39, 0.29) is 17.0 Å². The van der Waals surface area contributed by atoms with Gasteiger partial charge < -0.3 is 11.1 Å². The van der Waals surface area contributed by atoms with E-state index in [4.69, 9.17) is 5.73 Å². The van der Waals surface area contributed by atoms with Crippen molar-refractivity contribution in [3.05, 3.63) is 22.1 Å². The Morgan fingerprint density at radius 3 is 3.05 bits per heavy atom. The number of carbonyl (C=O) groups is 1. The zero-order valence-electron chi connectivity index (χ0n) is 11.4. The van der Waals surface area contributed by atoms with Crippen molar-refractivity contribution in [3.8, 4) is 0 Å². The highest BCUT2D eigenvalue weighted by Gasteiger charge is 2.42. The molecule has 1 aliphatic heterocycles. The monoisotopic (exact) mass is 294 g/mol. The Labute approximate surface area is 121 Å². The van der Waals surface area contributed by atoms with Crippen LogP contribution in [0.1, 0.15) is 30.1 Å². The van der Waals surface area contributed by atoms with Crippen LogP contribution in [0, 0.1) is 5.92 Å². The molecule has 3 N–H and O–H groups in total. The van der Waals surface area contributed by atoms with Crippen LogP contribution in [0.2, 0.25) is 0 Å². The van der Waals surface area contributed by atoms with E-state index in [1.807, 2.05) is 6.92 Å². The second-order valence-corrected chi connectivity index (χ2v) is 6.67. The molecule has 1 unspecified atom stereocenters. The summed E-state index contributed by atoms with van der Waals surface area (Å²) in [5, 5.41) is 3.62. The fraction of sp³-hybridized carbons (Fsp3) is 0.615. The molecule has 2 aliphatic rings. The molecule has 3 rings (SSSR count). The third kappa shape index (κ3) is 2.25. The Morgan fingerprint density at radius 1 is 1.65 bits per heavy atom. The first-order valence-corrected chi connectivity index (χ1v) is 7.79. The number of nitrogens with two attached hydrogens (primary N) is 1. The zero-order valence-corrected chi connectivity index (χ0v) is 12.2. The lowest BCUT2D eigenvalue weighted by atomic mass is 9.95. The smallest absolute Gasteiger partial charge is 0.267 e. The SMILES string of the molecule is CC(CN)(NC(=O)c1cnc2n(c1=O)CCS2)C1CC1. The maximum absolute atomic E-state index is 12.3. The molecular formula is C13H18N4O2S. The summed E-state index contributed by atoms with van der Waals surface area (Å²) in [6.07, 6.45) is 3.53. The van der Waals surface area contributed by atoms with Crippen molar-refractivity contribution in [2.45, 2.75) is 37.0 Å². The summed E-state index contributed by atoms with van der Waals surface area (Å²) in [5.41, 5.74) is 5.21. The van der Waals surface area contributed by atoms with Gasteiger partial charge >= 0.3 is 0 Å². The predicted molar refractivity (Wildman–Crippen MR) is 76.9 cm³/mol. The van der Waals surface area contributed by atoms with Gasteiger partial charge in [-0.3, -0.25) is 14.2 Å². The van der Waals surface area contributed by atoms with Crippen molar-refractivity contribution in [2.75, 3.05) is 12.3 Å². The van der Waals surface area contributed by atoms with E-state index < -0.39 is 5.54 Å². The van der Waals surface area contributed by atoms with Gasteiger partial charge in [0.15, 0.2) is 5.16 Å². The summed E-state index contributed by atoms with van der Waals surface area (Å²) in [4.78, 5) is 28.8. The molecule has 1 aliphatic carbocycles. The average molecular weight is 294 g/mol. The number of carbonyl (C=O) groups excluding carboxylic acids is 1. The summed E-state index contributed by atoms with van der Waals surface area (Å²) in [5.74, 6) is 0.877. The molecule has 1 fully saturated rings. The van der Waals surface area contributed by atoms with Gasteiger partial charge in [0.2, 0.25) is 0 Å². The molecule has 0 aromatic carbocycles. The van der Waals surface area contributed by atoms with Crippen molar-refractivity contribution in [3.63, 3.8) is 0 Å². The Morgan fingerprint density at radius 2 is 2.40 bits per heavy atom. The summed E-state index contributed by atoms with van der Waals surface area (Å²) >= 11 is 1.54. The van der Waals surface area contributed by atoms with Gasteiger partial charge in [0, 0.05) is 25.0 Å². The number of nitrogens with zero attached hydrogens (tertiary/aromatic N) is 2. The van der Waals surface area contributed by atoms with E-state index in [2.05, 4.69) is 10.3 Å². The second-order valence-electron chi connectivity index (χ2n) is 5.61. The first-order valence-electron chi connectivity index (χ1n) is 6.80.